The van der Waals surface area contributed by atoms with Gasteiger partial charge in [0.05, 0.1) is 0 Å². The second-order valence-electron chi connectivity index (χ2n) is 10.5. The van der Waals surface area contributed by atoms with E-state index in [-0.39, 0.29) is 11.8 Å². The van der Waals surface area contributed by atoms with Crippen molar-refractivity contribution in [3.8, 4) is 0 Å². The maximum atomic E-state index is 12.7. The lowest BCUT2D eigenvalue weighted by molar-refractivity contribution is -0.137. The van der Waals surface area contributed by atoms with Crippen LogP contribution in [-0.2, 0) is 9.59 Å². The van der Waals surface area contributed by atoms with Crippen molar-refractivity contribution >= 4 is 17.6 Å². The van der Waals surface area contributed by atoms with Gasteiger partial charge in [0.1, 0.15) is 0 Å². The maximum absolute atomic E-state index is 12.7. The average Bonchev–Trinajstić information content (AvgIpc) is 2.84. The molecule has 1 amide bonds. The summed E-state index contributed by atoms with van der Waals surface area (Å²) in [5.41, 5.74) is 3.33. The summed E-state index contributed by atoms with van der Waals surface area (Å²) in [5.74, 6) is 0.383. The summed E-state index contributed by atoms with van der Waals surface area (Å²) < 4.78 is 0. The number of aryl methyl sites for hydroxylation is 2. The predicted octanol–water partition coefficient (Wildman–Crippen LogP) is 9.23. The minimum Gasteiger partial charge on any atom is -0.481 e. The summed E-state index contributed by atoms with van der Waals surface area (Å²) in [5, 5.41) is 11.6. The molecule has 0 heterocycles. The molecule has 0 saturated heterocycles. The third-order valence-electron chi connectivity index (χ3n) is 7.40. The van der Waals surface area contributed by atoms with Gasteiger partial charge in [-0.05, 0) is 56.6 Å². The fourth-order valence-corrected chi connectivity index (χ4v) is 5.18. The van der Waals surface area contributed by atoms with E-state index in [0.717, 1.165) is 36.1 Å². The molecule has 2 atom stereocenters. The number of rotatable bonds is 15. The quantitative estimate of drug-likeness (QED) is 0.242. The SMILES string of the molecule is CCCCC1CCCC[C@H]1C(=O)Nc1c(C)cccc1C.CCCCCCCCCCCC(=O)O. The van der Waals surface area contributed by atoms with Crippen LogP contribution in [0.25, 0.3) is 0 Å². The van der Waals surface area contributed by atoms with Crippen LogP contribution < -0.4 is 5.32 Å². The van der Waals surface area contributed by atoms with E-state index >= 15 is 0 Å². The molecular weight excluding hydrogens is 434 g/mol. The Kier molecular flexibility index (Phi) is 17.3. The van der Waals surface area contributed by atoms with Gasteiger partial charge in [-0.3, -0.25) is 9.59 Å². The van der Waals surface area contributed by atoms with Crippen molar-refractivity contribution in [3.05, 3.63) is 29.3 Å². The van der Waals surface area contributed by atoms with E-state index in [0.29, 0.717) is 12.3 Å². The number of para-hydroxylation sites is 1. The van der Waals surface area contributed by atoms with Crippen LogP contribution in [0.4, 0.5) is 5.69 Å². The molecule has 1 fully saturated rings. The molecule has 1 saturated carbocycles. The molecule has 0 spiro atoms. The summed E-state index contributed by atoms with van der Waals surface area (Å²) >= 11 is 0. The van der Waals surface area contributed by atoms with Crippen molar-refractivity contribution in [3.63, 3.8) is 0 Å². The number of carbonyl (C=O) groups excluding carboxylic acids is 1. The molecule has 1 aliphatic carbocycles. The number of benzene rings is 1. The molecule has 4 heteroatoms. The van der Waals surface area contributed by atoms with Gasteiger partial charge in [0.15, 0.2) is 0 Å². The smallest absolute Gasteiger partial charge is 0.303 e. The fourth-order valence-electron chi connectivity index (χ4n) is 5.18. The number of hydrogen-bond donors (Lipinski definition) is 2. The topological polar surface area (TPSA) is 66.4 Å². The van der Waals surface area contributed by atoms with Gasteiger partial charge in [0.2, 0.25) is 5.91 Å². The standard InChI is InChI=1S/C19H29NO.C12H24O2/c1-4-5-11-16-12-6-7-13-17(16)19(21)20-18-14(2)9-8-10-15(18)3;1-2-3-4-5-6-7-8-9-10-11-12(13)14/h8-10,16-17H,4-7,11-13H2,1-3H3,(H,20,21);2-11H2,1H3,(H,13,14)/t16?,17-;/m1./s1. The van der Waals surface area contributed by atoms with E-state index < -0.39 is 5.97 Å². The molecule has 35 heavy (non-hydrogen) atoms. The largest absolute Gasteiger partial charge is 0.481 e. The normalized spacial score (nSPS) is 17.4. The number of carboxylic acids is 1. The first-order valence-corrected chi connectivity index (χ1v) is 14.5. The number of hydrogen-bond acceptors (Lipinski definition) is 2. The second kappa shape index (κ2) is 19.4. The van der Waals surface area contributed by atoms with E-state index in [2.05, 4.69) is 45.1 Å². The Morgan fingerprint density at radius 2 is 1.37 bits per heavy atom. The molecular formula is C31H53NO3. The maximum Gasteiger partial charge on any atom is 0.303 e. The third kappa shape index (κ3) is 13.7. The van der Waals surface area contributed by atoms with Crippen molar-refractivity contribution in [2.45, 2.75) is 137 Å². The van der Waals surface area contributed by atoms with Crippen LogP contribution in [0.3, 0.4) is 0 Å². The van der Waals surface area contributed by atoms with Crippen LogP contribution in [0.1, 0.15) is 134 Å². The van der Waals surface area contributed by atoms with Gasteiger partial charge in [-0.25, -0.2) is 0 Å². The molecule has 200 valence electrons. The molecule has 0 aromatic heterocycles. The highest BCUT2D eigenvalue weighted by Crippen LogP contribution is 2.35. The molecule has 2 rings (SSSR count). The van der Waals surface area contributed by atoms with Crippen LogP contribution >= 0.6 is 0 Å². The summed E-state index contributed by atoms with van der Waals surface area (Å²) in [6.45, 7) is 8.59. The lowest BCUT2D eigenvalue weighted by Gasteiger charge is -2.31. The zero-order valence-corrected chi connectivity index (χ0v) is 23.2. The predicted molar refractivity (Wildman–Crippen MR) is 149 cm³/mol. The Labute approximate surface area is 215 Å². The number of unbranched alkanes of at least 4 members (excludes halogenated alkanes) is 9. The lowest BCUT2D eigenvalue weighted by atomic mass is 9.76. The minimum absolute atomic E-state index is 0.212. The number of carbonyl (C=O) groups is 2. The monoisotopic (exact) mass is 487 g/mol. The first kappa shape index (κ1) is 31.2. The highest BCUT2D eigenvalue weighted by molar-refractivity contribution is 5.94. The number of anilines is 1. The summed E-state index contributed by atoms with van der Waals surface area (Å²) in [7, 11) is 0. The van der Waals surface area contributed by atoms with E-state index in [9.17, 15) is 9.59 Å². The molecule has 1 aromatic rings. The van der Waals surface area contributed by atoms with E-state index in [4.69, 9.17) is 5.11 Å². The molecule has 0 bridgehead atoms. The van der Waals surface area contributed by atoms with Gasteiger partial charge in [-0.2, -0.15) is 0 Å². The Bertz CT molecular complexity index is 695. The Morgan fingerprint density at radius 3 is 1.94 bits per heavy atom. The molecule has 4 nitrogen and oxygen atoms in total. The van der Waals surface area contributed by atoms with Gasteiger partial charge in [0.25, 0.3) is 0 Å². The van der Waals surface area contributed by atoms with Crippen molar-refractivity contribution < 1.29 is 14.7 Å². The van der Waals surface area contributed by atoms with E-state index in [1.165, 1.54) is 83.5 Å². The Hall–Kier alpha value is -1.84. The highest BCUT2D eigenvalue weighted by Gasteiger charge is 2.30. The van der Waals surface area contributed by atoms with E-state index in [1.807, 2.05) is 6.07 Å². The van der Waals surface area contributed by atoms with Crippen molar-refractivity contribution in [2.24, 2.45) is 11.8 Å². The second-order valence-corrected chi connectivity index (χ2v) is 10.5. The zero-order valence-electron chi connectivity index (χ0n) is 23.2. The van der Waals surface area contributed by atoms with Crippen molar-refractivity contribution in [1.82, 2.24) is 0 Å². The molecule has 0 aliphatic heterocycles. The lowest BCUT2D eigenvalue weighted by Crippen LogP contribution is -2.32. The molecule has 2 N–H and O–H groups in total. The highest BCUT2D eigenvalue weighted by atomic mass is 16.4. The number of aliphatic carboxylic acids is 1. The van der Waals surface area contributed by atoms with Gasteiger partial charge >= 0.3 is 5.97 Å². The van der Waals surface area contributed by atoms with Crippen molar-refractivity contribution in [1.29, 1.82) is 0 Å². The Morgan fingerprint density at radius 1 is 0.829 bits per heavy atom. The van der Waals surface area contributed by atoms with Gasteiger partial charge in [-0.15, -0.1) is 0 Å². The molecule has 1 unspecified atom stereocenters. The van der Waals surface area contributed by atoms with Gasteiger partial charge in [-0.1, -0.05) is 109 Å². The van der Waals surface area contributed by atoms with Crippen molar-refractivity contribution in [2.75, 3.05) is 5.32 Å². The van der Waals surface area contributed by atoms with Crippen LogP contribution in [0.2, 0.25) is 0 Å². The number of amides is 1. The van der Waals surface area contributed by atoms with Crippen LogP contribution in [-0.4, -0.2) is 17.0 Å². The van der Waals surface area contributed by atoms with Gasteiger partial charge < -0.3 is 10.4 Å². The number of carboxylic acid groups (broad SMARTS) is 1. The number of nitrogens with one attached hydrogen (secondary N) is 1. The fraction of sp³-hybridized carbons (Fsp3) is 0.742. The molecule has 1 aliphatic rings. The molecule has 0 radical (unpaired) electrons. The Balaban J connectivity index is 0.000000383. The molecule has 1 aromatic carbocycles. The summed E-state index contributed by atoms with van der Waals surface area (Å²) in [4.78, 5) is 22.9. The van der Waals surface area contributed by atoms with Crippen LogP contribution in [0, 0.1) is 25.7 Å². The minimum atomic E-state index is -0.659. The average molecular weight is 488 g/mol. The summed E-state index contributed by atoms with van der Waals surface area (Å²) in [6, 6.07) is 6.18. The third-order valence-corrected chi connectivity index (χ3v) is 7.40. The zero-order chi connectivity index (χ0) is 25.9. The van der Waals surface area contributed by atoms with Gasteiger partial charge in [0, 0.05) is 18.0 Å². The van der Waals surface area contributed by atoms with E-state index in [1.54, 1.807) is 0 Å². The first-order valence-electron chi connectivity index (χ1n) is 14.5. The van der Waals surface area contributed by atoms with Crippen LogP contribution in [0.5, 0.6) is 0 Å². The summed E-state index contributed by atoms with van der Waals surface area (Å²) in [6.07, 6.45) is 19.9. The van der Waals surface area contributed by atoms with Crippen LogP contribution in [0.15, 0.2) is 18.2 Å². The first-order chi connectivity index (χ1) is 16.9.